The molecular weight excluding hydrogens is 588 g/mol. The summed E-state index contributed by atoms with van der Waals surface area (Å²) in [5.74, 6) is 1.59. The summed E-state index contributed by atoms with van der Waals surface area (Å²) in [4.78, 5) is 4.68. The maximum Gasteiger partial charge on any atom is 0.170 e. The SMILES string of the molecule is CCCCOc1c(-c2ccc(N(CC)c3ccccc3)cc2C)[c]cc(-c2ccc(N(CC)c3ccccc3)cc2C)c1OCCCC. The molecule has 0 heterocycles. The molecule has 0 amide bonds. The van der Waals surface area contributed by atoms with Crippen molar-refractivity contribution < 1.29 is 9.47 Å². The number of nitrogens with zero attached hydrogens (tertiary/aromatic N) is 2. The molecule has 249 valence electrons. The van der Waals surface area contributed by atoms with Crippen molar-refractivity contribution in [2.24, 2.45) is 0 Å². The van der Waals surface area contributed by atoms with Gasteiger partial charge in [0.25, 0.3) is 0 Å². The Bertz CT molecular complexity index is 1620. The Hall–Kier alpha value is -4.70. The summed E-state index contributed by atoms with van der Waals surface area (Å²) >= 11 is 0. The van der Waals surface area contributed by atoms with E-state index in [-0.39, 0.29) is 0 Å². The highest BCUT2D eigenvalue weighted by Crippen LogP contribution is 2.47. The van der Waals surface area contributed by atoms with Crippen LogP contribution >= 0.6 is 0 Å². The Morgan fingerprint density at radius 1 is 0.521 bits per heavy atom. The first-order valence-corrected chi connectivity index (χ1v) is 17.7. The van der Waals surface area contributed by atoms with Crippen molar-refractivity contribution >= 4 is 22.7 Å². The van der Waals surface area contributed by atoms with Gasteiger partial charge in [-0.25, -0.2) is 0 Å². The molecule has 5 aromatic carbocycles. The highest BCUT2D eigenvalue weighted by molar-refractivity contribution is 5.86. The van der Waals surface area contributed by atoms with Gasteiger partial charge in [-0.2, -0.15) is 0 Å². The molecule has 4 heteroatoms. The predicted octanol–water partition coefficient (Wildman–Crippen LogP) is 12.1. The molecule has 0 saturated carbocycles. The van der Waals surface area contributed by atoms with Crippen molar-refractivity contribution in [2.45, 2.75) is 67.2 Å². The van der Waals surface area contributed by atoms with Gasteiger partial charge in [-0.3, -0.25) is 0 Å². The van der Waals surface area contributed by atoms with Gasteiger partial charge in [0, 0.05) is 47.0 Å². The quantitative estimate of drug-likeness (QED) is 0.100. The average molecular weight is 640 g/mol. The molecule has 0 bridgehead atoms. The Kier molecular flexibility index (Phi) is 12.2. The van der Waals surface area contributed by atoms with Gasteiger partial charge in [0.05, 0.1) is 13.2 Å². The zero-order valence-electron chi connectivity index (χ0n) is 29.7. The highest BCUT2D eigenvalue weighted by Gasteiger charge is 2.22. The second-order valence-corrected chi connectivity index (χ2v) is 12.3. The van der Waals surface area contributed by atoms with E-state index in [9.17, 15) is 0 Å². The molecule has 5 aromatic rings. The third kappa shape index (κ3) is 7.87. The fourth-order valence-electron chi connectivity index (χ4n) is 6.29. The number of anilines is 4. The van der Waals surface area contributed by atoms with Crippen LogP contribution in [0, 0.1) is 19.9 Å². The number of rotatable bonds is 16. The number of para-hydroxylation sites is 2. The van der Waals surface area contributed by atoms with Crippen molar-refractivity contribution in [3.63, 3.8) is 0 Å². The van der Waals surface area contributed by atoms with E-state index in [1.165, 1.54) is 33.9 Å². The van der Waals surface area contributed by atoms with Crippen LogP contribution in [0.4, 0.5) is 22.7 Å². The first kappa shape index (κ1) is 34.6. The van der Waals surface area contributed by atoms with E-state index in [1.807, 2.05) is 0 Å². The minimum atomic E-state index is 0.625. The molecule has 0 aliphatic carbocycles. The molecule has 0 aliphatic heterocycles. The summed E-state index contributed by atoms with van der Waals surface area (Å²) in [6, 6.07) is 40.4. The molecule has 0 aliphatic rings. The summed E-state index contributed by atoms with van der Waals surface area (Å²) in [6.07, 6.45) is 4.06. The first-order chi connectivity index (χ1) is 23.5. The molecule has 0 atom stereocenters. The van der Waals surface area contributed by atoms with Gasteiger partial charge in [-0.15, -0.1) is 0 Å². The summed E-state index contributed by atoms with van der Waals surface area (Å²) in [5.41, 5.74) is 11.3. The summed E-state index contributed by atoms with van der Waals surface area (Å²) in [5, 5.41) is 0. The van der Waals surface area contributed by atoms with Gasteiger partial charge in [0.1, 0.15) is 0 Å². The highest BCUT2D eigenvalue weighted by atomic mass is 16.5. The van der Waals surface area contributed by atoms with E-state index in [0.29, 0.717) is 13.2 Å². The van der Waals surface area contributed by atoms with Gasteiger partial charge in [0.15, 0.2) is 11.5 Å². The Morgan fingerprint density at radius 2 is 1.00 bits per heavy atom. The molecule has 0 N–H and O–H groups in total. The molecule has 1 radical (unpaired) electrons. The fraction of sp³-hybridized carbons (Fsp3) is 0.318. The van der Waals surface area contributed by atoms with Crippen LogP contribution in [0.15, 0.2) is 103 Å². The van der Waals surface area contributed by atoms with Gasteiger partial charge < -0.3 is 19.3 Å². The second-order valence-electron chi connectivity index (χ2n) is 12.3. The van der Waals surface area contributed by atoms with Crippen molar-refractivity contribution in [3.8, 4) is 33.8 Å². The number of unbranched alkanes of at least 4 members (excludes halogenated alkanes) is 2. The zero-order chi connectivity index (χ0) is 33.9. The lowest BCUT2D eigenvalue weighted by atomic mass is 9.93. The number of aryl methyl sites for hydroxylation is 2. The molecule has 0 aromatic heterocycles. The third-order valence-corrected chi connectivity index (χ3v) is 8.90. The topological polar surface area (TPSA) is 24.9 Å². The lowest BCUT2D eigenvalue weighted by Crippen LogP contribution is -2.16. The zero-order valence-corrected chi connectivity index (χ0v) is 29.7. The summed E-state index contributed by atoms with van der Waals surface area (Å²) in [6.45, 7) is 16.2. The van der Waals surface area contributed by atoms with Crippen LogP contribution in [-0.4, -0.2) is 26.3 Å². The molecule has 0 saturated heterocycles. The summed E-state index contributed by atoms with van der Waals surface area (Å²) < 4.78 is 13.4. The Balaban J connectivity index is 1.60. The van der Waals surface area contributed by atoms with Crippen LogP contribution in [-0.2, 0) is 0 Å². The lowest BCUT2D eigenvalue weighted by molar-refractivity contribution is 0.263. The van der Waals surface area contributed by atoms with Gasteiger partial charge in [-0.05, 0) is 123 Å². The monoisotopic (exact) mass is 639 g/mol. The number of benzene rings is 5. The molecule has 0 spiro atoms. The lowest BCUT2D eigenvalue weighted by Gasteiger charge is -2.26. The van der Waals surface area contributed by atoms with E-state index in [2.05, 4.69) is 161 Å². The van der Waals surface area contributed by atoms with Crippen LogP contribution in [0.2, 0.25) is 0 Å². The first-order valence-electron chi connectivity index (χ1n) is 17.7. The predicted molar refractivity (Wildman–Crippen MR) is 205 cm³/mol. The van der Waals surface area contributed by atoms with Crippen LogP contribution < -0.4 is 19.3 Å². The molecular formula is C44H51N2O2. The molecule has 5 rings (SSSR count). The maximum atomic E-state index is 6.69. The fourth-order valence-corrected chi connectivity index (χ4v) is 6.29. The van der Waals surface area contributed by atoms with E-state index < -0.39 is 0 Å². The maximum absolute atomic E-state index is 6.69. The van der Waals surface area contributed by atoms with Crippen molar-refractivity contribution in [1.82, 2.24) is 0 Å². The van der Waals surface area contributed by atoms with Gasteiger partial charge in [-0.1, -0.05) is 75.2 Å². The molecule has 48 heavy (non-hydrogen) atoms. The van der Waals surface area contributed by atoms with Gasteiger partial charge in [0.2, 0.25) is 0 Å². The Morgan fingerprint density at radius 3 is 1.46 bits per heavy atom. The van der Waals surface area contributed by atoms with Crippen LogP contribution in [0.3, 0.4) is 0 Å². The van der Waals surface area contributed by atoms with Crippen LogP contribution in [0.1, 0.15) is 64.5 Å². The normalized spacial score (nSPS) is 11.0. The van der Waals surface area contributed by atoms with Crippen molar-refractivity contribution in [2.75, 3.05) is 36.1 Å². The molecule has 0 fully saturated rings. The number of hydrogen-bond donors (Lipinski definition) is 0. The van der Waals surface area contributed by atoms with E-state index >= 15 is 0 Å². The van der Waals surface area contributed by atoms with E-state index in [4.69, 9.17) is 9.47 Å². The minimum Gasteiger partial charge on any atom is -0.489 e. The molecule has 0 unspecified atom stereocenters. The van der Waals surface area contributed by atoms with E-state index in [1.54, 1.807) is 0 Å². The van der Waals surface area contributed by atoms with Crippen molar-refractivity contribution in [3.05, 3.63) is 120 Å². The second kappa shape index (κ2) is 16.9. The average Bonchev–Trinajstić information content (AvgIpc) is 3.11. The minimum absolute atomic E-state index is 0.625. The number of ether oxygens (including phenoxy) is 2. The number of hydrogen-bond acceptors (Lipinski definition) is 4. The standard InChI is InChI=1S/C44H51N2O2/c1-7-11-29-47-43-41(39-25-23-37(31-33(39)5)45(9-3)35-19-15-13-16-20-35)27-28-42(44(43)48-30-12-8-2)40-26-24-38(32-34(40)6)46(10-4)36-21-17-14-18-22-36/h13-27,31-32H,7-12,29-30H2,1-6H3. The smallest absolute Gasteiger partial charge is 0.170 e. The third-order valence-electron chi connectivity index (χ3n) is 8.90. The Labute approximate surface area is 289 Å². The van der Waals surface area contributed by atoms with Crippen molar-refractivity contribution in [1.29, 1.82) is 0 Å². The van der Waals surface area contributed by atoms with Gasteiger partial charge >= 0.3 is 0 Å². The largest absolute Gasteiger partial charge is 0.489 e. The van der Waals surface area contributed by atoms with Crippen LogP contribution in [0.5, 0.6) is 11.5 Å². The molecule has 4 nitrogen and oxygen atoms in total. The van der Waals surface area contributed by atoms with Crippen LogP contribution in [0.25, 0.3) is 22.3 Å². The summed E-state index contributed by atoms with van der Waals surface area (Å²) in [7, 11) is 0. The van der Waals surface area contributed by atoms with E-state index in [0.717, 1.165) is 72.5 Å².